The third-order valence-corrected chi connectivity index (χ3v) is 6.98. The normalized spacial score (nSPS) is 15.8. The molecule has 1 N–H and O–H groups in total. The number of amides is 2. The molecule has 1 unspecified atom stereocenters. The van der Waals surface area contributed by atoms with Crippen LogP contribution in [-0.2, 0) is 16.0 Å². The summed E-state index contributed by atoms with van der Waals surface area (Å²) >= 11 is 1.43. The number of aromatic nitrogens is 3. The summed E-state index contributed by atoms with van der Waals surface area (Å²) in [6, 6.07) is 13.7. The van der Waals surface area contributed by atoms with Gasteiger partial charge < -0.3 is 9.64 Å². The minimum atomic E-state index is -0.466. The highest BCUT2D eigenvalue weighted by atomic mass is 32.1. The average molecular weight is 476 g/mol. The number of anilines is 2. The highest BCUT2D eigenvalue weighted by Crippen LogP contribution is 2.34. The molecule has 1 aliphatic rings. The Hall–Kier alpha value is -3.72. The predicted octanol–water partition coefficient (Wildman–Crippen LogP) is 4.33. The molecule has 2 aromatic carbocycles. The molecule has 34 heavy (non-hydrogen) atoms. The fourth-order valence-electron chi connectivity index (χ4n) is 4.48. The maximum Gasteiger partial charge on any atom is 0.250 e. The zero-order valence-electron chi connectivity index (χ0n) is 19.2. The number of ether oxygens (including phenoxy) is 1. The van der Waals surface area contributed by atoms with E-state index in [1.54, 1.807) is 16.5 Å². The Morgan fingerprint density at radius 3 is 2.85 bits per heavy atom. The standard InChI is InChI=1S/C25H25N5O3S/c1-4-16-9-7-8-15(2)22(16)29-13-17(12-21(29)31)23(32)26-24-27-25-30(28-24)19(14-34-25)18-10-5-6-11-20(18)33-3/h5-11,14,17H,4,12-13H2,1-3H3,(H,26,28,32). The van der Waals surface area contributed by atoms with Crippen LogP contribution < -0.4 is 15.0 Å². The van der Waals surface area contributed by atoms with Crippen LogP contribution in [0, 0.1) is 12.8 Å². The van der Waals surface area contributed by atoms with E-state index in [1.165, 1.54) is 11.3 Å². The first-order valence-corrected chi connectivity index (χ1v) is 12.1. The predicted molar refractivity (Wildman–Crippen MR) is 132 cm³/mol. The molecule has 9 heteroatoms. The number of hydrogen-bond acceptors (Lipinski definition) is 6. The molecule has 4 aromatic rings. The highest BCUT2D eigenvalue weighted by molar-refractivity contribution is 7.15. The smallest absolute Gasteiger partial charge is 0.250 e. The van der Waals surface area contributed by atoms with Crippen LogP contribution in [0.3, 0.4) is 0 Å². The number of para-hydroxylation sites is 2. The number of nitrogens with one attached hydrogen (secondary N) is 1. The Morgan fingerprint density at radius 1 is 1.24 bits per heavy atom. The Bertz CT molecular complexity index is 1390. The van der Waals surface area contributed by atoms with Crippen LogP contribution >= 0.6 is 11.3 Å². The van der Waals surface area contributed by atoms with E-state index >= 15 is 0 Å². The summed E-state index contributed by atoms with van der Waals surface area (Å²) in [7, 11) is 1.63. The van der Waals surface area contributed by atoms with Crippen LogP contribution in [0.25, 0.3) is 16.2 Å². The SMILES string of the molecule is CCc1cccc(C)c1N1CC(C(=O)Nc2nc3scc(-c4ccccc4OC)n3n2)CC1=O. The largest absolute Gasteiger partial charge is 0.496 e. The van der Waals surface area contributed by atoms with Gasteiger partial charge >= 0.3 is 0 Å². The number of rotatable bonds is 6. The van der Waals surface area contributed by atoms with E-state index in [0.717, 1.165) is 40.2 Å². The zero-order chi connectivity index (χ0) is 23.8. The third-order valence-electron chi connectivity index (χ3n) is 6.17. The molecule has 1 fully saturated rings. The topological polar surface area (TPSA) is 88.8 Å². The fourth-order valence-corrected chi connectivity index (χ4v) is 5.30. The molecular weight excluding hydrogens is 450 g/mol. The van der Waals surface area contributed by atoms with E-state index in [-0.39, 0.29) is 24.2 Å². The molecule has 8 nitrogen and oxygen atoms in total. The van der Waals surface area contributed by atoms with Gasteiger partial charge in [0.2, 0.25) is 22.7 Å². The maximum absolute atomic E-state index is 13.0. The lowest BCUT2D eigenvalue weighted by Crippen LogP contribution is -2.29. The first-order valence-electron chi connectivity index (χ1n) is 11.2. The van der Waals surface area contributed by atoms with Gasteiger partial charge in [0.25, 0.3) is 0 Å². The van der Waals surface area contributed by atoms with Gasteiger partial charge in [-0.1, -0.05) is 37.3 Å². The van der Waals surface area contributed by atoms with Gasteiger partial charge in [-0.3, -0.25) is 14.9 Å². The third kappa shape index (κ3) is 3.81. The molecule has 0 aliphatic carbocycles. The summed E-state index contributed by atoms with van der Waals surface area (Å²) in [4.78, 5) is 32.7. The molecule has 0 spiro atoms. The molecule has 5 rings (SSSR count). The average Bonchev–Trinajstić information content (AvgIpc) is 3.53. The minimum Gasteiger partial charge on any atom is -0.496 e. The second-order valence-electron chi connectivity index (χ2n) is 8.28. The summed E-state index contributed by atoms with van der Waals surface area (Å²) in [6.45, 7) is 4.41. The summed E-state index contributed by atoms with van der Waals surface area (Å²) in [5.74, 6) is 0.201. The second kappa shape index (κ2) is 8.90. The van der Waals surface area contributed by atoms with Gasteiger partial charge in [-0.25, -0.2) is 4.52 Å². The Kier molecular flexibility index (Phi) is 5.79. The Labute approximate surface area is 201 Å². The lowest BCUT2D eigenvalue weighted by molar-refractivity contribution is -0.122. The van der Waals surface area contributed by atoms with Crippen LogP contribution in [-0.4, -0.2) is 40.1 Å². The van der Waals surface area contributed by atoms with E-state index in [2.05, 4.69) is 22.3 Å². The van der Waals surface area contributed by atoms with Crippen LogP contribution in [0.1, 0.15) is 24.5 Å². The number of fused-ring (bicyclic) bond motifs is 1. The quantitative estimate of drug-likeness (QED) is 0.448. The number of nitrogens with zero attached hydrogens (tertiary/aromatic N) is 4. The molecule has 0 bridgehead atoms. The van der Waals surface area contributed by atoms with Gasteiger partial charge in [0.05, 0.1) is 18.7 Å². The summed E-state index contributed by atoms with van der Waals surface area (Å²) < 4.78 is 7.17. The molecule has 3 heterocycles. The lowest BCUT2D eigenvalue weighted by Gasteiger charge is -2.22. The number of aryl methyl sites for hydroxylation is 2. The van der Waals surface area contributed by atoms with Gasteiger partial charge in [0.15, 0.2) is 0 Å². The minimum absolute atomic E-state index is 0.0404. The fraction of sp³-hybridized carbons (Fsp3) is 0.280. The Morgan fingerprint density at radius 2 is 2.06 bits per heavy atom. The van der Waals surface area contributed by atoms with Gasteiger partial charge in [0, 0.05) is 29.6 Å². The lowest BCUT2D eigenvalue weighted by atomic mass is 10.0. The van der Waals surface area contributed by atoms with Crippen molar-refractivity contribution >= 4 is 39.7 Å². The van der Waals surface area contributed by atoms with Crippen molar-refractivity contribution in [1.82, 2.24) is 14.6 Å². The number of carbonyl (C=O) groups excluding carboxylic acids is 2. The maximum atomic E-state index is 13.0. The molecule has 1 saturated heterocycles. The molecule has 2 amide bonds. The molecule has 1 atom stereocenters. The van der Waals surface area contributed by atoms with E-state index in [9.17, 15) is 9.59 Å². The van der Waals surface area contributed by atoms with Crippen molar-refractivity contribution in [3.63, 3.8) is 0 Å². The first kappa shape index (κ1) is 22.1. The number of hydrogen-bond donors (Lipinski definition) is 1. The monoisotopic (exact) mass is 475 g/mol. The van der Waals surface area contributed by atoms with Crippen molar-refractivity contribution in [3.8, 4) is 17.0 Å². The molecular formula is C25H25N5O3S. The van der Waals surface area contributed by atoms with Crippen molar-refractivity contribution < 1.29 is 14.3 Å². The Balaban J connectivity index is 1.36. The zero-order valence-corrected chi connectivity index (χ0v) is 20.1. The molecule has 0 saturated carbocycles. The van der Waals surface area contributed by atoms with Gasteiger partial charge in [0.1, 0.15) is 5.75 Å². The molecule has 0 radical (unpaired) electrons. The van der Waals surface area contributed by atoms with E-state index < -0.39 is 5.92 Å². The van der Waals surface area contributed by atoms with Crippen molar-refractivity contribution in [2.75, 3.05) is 23.9 Å². The van der Waals surface area contributed by atoms with E-state index in [1.807, 2.05) is 54.8 Å². The van der Waals surface area contributed by atoms with Gasteiger partial charge in [-0.2, -0.15) is 4.98 Å². The molecule has 2 aromatic heterocycles. The van der Waals surface area contributed by atoms with Gasteiger partial charge in [-0.05, 0) is 36.6 Å². The van der Waals surface area contributed by atoms with Crippen molar-refractivity contribution in [2.24, 2.45) is 5.92 Å². The summed E-state index contributed by atoms with van der Waals surface area (Å²) in [5, 5.41) is 9.28. The molecule has 174 valence electrons. The number of thiazole rings is 1. The summed E-state index contributed by atoms with van der Waals surface area (Å²) in [5.41, 5.74) is 4.79. The summed E-state index contributed by atoms with van der Waals surface area (Å²) in [6.07, 6.45) is 0.986. The van der Waals surface area contributed by atoms with Gasteiger partial charge in [-0.15, -0.1) is 16.4 Å². The van der Waals surface area contributed by atoms with Crippen molar-refractivity contribution in [2.45, 2.75) is 26.7 Å². The number of carbonyl (C=O) groups is 2. The van der Waals surface area contributed by atoms with Crippen molar-refractivity contribution in [3.05, 3.63) is 59.0 Å². The van der Waals surface area contributed by atoms with E-state index in [4.69, 9.17) is 4.74 Å². The second-order valence-corrected chi connectivity index (χ2v) is 9.12. The van der Waals surface area contributed by atoms with Crippen LogP contribution in [0.4, 0.5) is 11.6 Å². The number of methoxy groups -OCH3 is 1. The van der Waals surface area contributed by atoms with Crippen LogP contribution in [0.5, 0.6) is 5.75 Å². The van der Waals surface area contributed by atoms with Crippen LogP contribution in [0.2, 0.25) is 0 Å². The van der Waals surface area contributed by atoms with E-state index in [0.29, 0.717) is 11.5 Å². The molecule has 1 aliphatic heterocycles. The number of benzene rings is 2. The van der Waals surface area contributed by atoms with Crippen LogP contribution in [0.15, 0.2) is 47.8 Å². The highest BCUT2D eigenvalue weighted by Gasteiger charge is 2.37. The van der Waals surface area contributed by atoms with Crippen molar-refractivity contribution in [1.29, 1.82) is 0 Å². The first-order chi connectivity index (χ1) is 16.5.